The number of carbonyl (C=O) groups excluding carboxylic acids is 1. The van der Waals surface area contributed by atoms with E-state index in [1.54, 1.807) is 24.3 Å². The molecular formula is C26H21Cl3N2O3. The number of benzene rings is 3. The first kappa shape index (κ1) is 25.5. The highest BCUT2D eigenvalue weighted by molar-refractivity contribution is 6.36. The molecule has 0 bridgehead atoms. The molecule has 0 heterocycles. The second-order valence-electron chi connectivity index (χ2n) is 7.23. The number of anilines is 1. The number of halogens is 3. The van der Waals surface area contributed by atoms with E-state index >= 15 is 0 Å². The summed E-state index contributed by atoms with van der Waals surface area (Å²) >= 11 is 18.6. The summed E-state index contributed by atoms with van der Waals surface area (Å²) < 4.78 is 11.7. The number of amides is 1. The van der Waals surface area contributed by atoms with Gasteiger partial charge in [0.05, 0.1) is 22.3 Å². The number of nitrogens with one attached hydrogen (secondary N) is 1. The molecule has 3 aromatic rings. The average Bonchev–Trinajstić information content (AvgIpc) is 2.80. The van der Waals surface area contributed by atoms with Crippen molar-refractivity contribution in [3.63, 3.8) is 0 Å². The summed E-state index contributed by atoms with van der Waals surface area (Å²) in [7, 11) is 0. The molecule has 3 aromatic carbocycles. The van der Waals surface area contributed by atoms with Crippen LogP contribution in [0.15, 0.2) is 60.2 Å². The lowest BCUT2D eigenvalue weighted by molar-refractivity contribution is -0.112. The summed E-state index contributed by atoms with van der Waals surface area (Å²) in [4.78, 5) is 12.7. The zero-order valence-electron chi connectivity index (χ0n) is 18.5. The third-order valence-corrected chi connectivity index (χ3v) is 5.66. The fraction of sp³-hybridized carbons (Fsp3) is 0.154. The van der Waals surface area contributed by atoms with Gasteiger partial charge >= 0.3 is 0 Å². The lowest BCUT2D eigenvalue weighted by atomic mass is 10.1. The van der Waals surface area contributed by atoms with Crippen LogP contribution < -0.4 is 14.8 Å². The van der Waals surface area contributed by atoms with Crippen LogP contribution in [0.5, 0.6) is 11.5 Å². The van der Waals surface area contributed by atoms with Gasteiger partial charge in [0.25, 0.3) is 5.91 Å². The Morgan fingerprint density at radius 2 is 1.82 bits per heavy atom. The van der Waals surface area contributed by atoms with Crippen molar-refractivity contribution in [1.29, 1.82) is 5.26 Å². The first-order chi connectivity index (χ1) is 16.3. The van der Waals surface area contributed by atoms with Crippen molar-refractivity contribution in [1.82, 2.24) is 0 Å². The van der Waals surface area contributed by atoms with Crippen molar-refractivity contribution in [3.8, 4) is 17.6 Å². The summed E-state index contributed by atoms with van der Waals surface area (Å²) in [6.07, 6.45) is 1.41. The summed E-state index contributed by atoms with van der Waals surface area (Å²) in [6, 6.07) is 17.7. The van der Waals surface area contributed by atoms with Crippen LogP contribution in [0.2, 0.25) is 15.1 Å². The van der Waals surface area contributed by atoms with Crippen LogP contribution in [-0.2, 0) is 11.4 Å². The number of carbonyl (C=O) groups is 1. The maximum absolute atomic E-state index is 12.7. The molecule has 0 aromatic heterocycles. The molecule has 0 aliphatic rings. The standard InChI is InChI=1S/C26H21Cl3N2O3/c1-3-33-24-12-17(11-22(29)25(24)34-15-18-7-5-4-6-16(18)2)10-19(14-30)26(32)31-23-13-20(27)8-9-21(23)28/h4-13H,3,15H2,1-2H3,(H,31,32)/b19-10+. The molecule has 3 rings (SSSR count). The Bertz CT molecular complexity index is 1280. The van der Waals surface area contributed by atoms with Crippen LogP contribution in [0.3, 0.4) is 0 Å². The molecule has 0 saturated carbocycles. The monoisotopic (exact) mass is 514 g/mol. The molecule has 0 atom stereocenters. The highest BCUT2D eigenvalue weighted by atomic mass is 35.5. The number of hydrogen-bond acceptors (Lipinski definition) is 4. The zero-order valence-corrected chi connectivity index (χ0v) is 20.8. The van der Waals surface area contributed by atoms with E-state index in [0.717, 1.165) is 11.1 Å². The van der Waals surface area contributed by atoms with E-state index < -0.39 is 5.91 Å². The topological polar surface area (TPSA) is 71.3 Å². The Labute approximate surface area is 213 Å². The molecule has 0 radical (unpaired) electrons. The molecule has 0 saturated heterocycles. The van der Waals surface area contributed by atoms with Gasteiger partial charge in [0.1, 0.15) is 18.2 Å². The predicted molar refractivity (Wildman–Crippen MR) is 137 cm³/mol. The van der Waals surface area contributed by atoms with Crippen molar-refractivity contribution >= 4 is 52.5 Å². The number of aryl methyl sites for hydroxylation is 1. The normalized spacial score (nSPS) is 11.0. The van der Waals surface area contributed by atoms with Gasteiger partial charge in [-0.2, -0.15) is 5.26 Å². The Balaban J connectivity index is 1.87. The molecule has 0 spiro atoms. The number of nitrogens with zero attached hydrogens (tertiary/aromatic N) is 1. The first-order valence-corrected chi connectivity index (χ1v) is 11.5. The highest BCUT2D eigenvalue weighted by Gasteiger charge is 2.16. The summed E-state index contributed by atoms with van der Waals surface area (Å²) in [5.74, 6) is 0.156. The molecule has 1 amide bonds. The van der Waals surface area contributed by atoms with Crippen LogP contribution in [0.25, 0.3) is 6.08 Å². The van der Waals surface area contributed by atoms with Gasteiger partial charge in [-0.25, -0.2) is 0 Å². The highest BCUT2D eigenvalue weighted by Crippen LogP contribution is 2.38. The van der Waals surface area contributed by atoms with Gasteiger partial charge in [0, 0.05) is 5.02 Å². The second-order valence-corrected chi connectivity index (χ2v) is 8.48. The van der Waals surface area contributed by atoms with Crippen molar-refractivity contribution in [2.75, 3.05) is 11.9 Å². The molecule has 8 heteroatoms. The minimum absolute atomic E-state index is 0.150. The van der Waals surface area contributed by atoms with Crippen molar-refractivity contribution in [3.05, 3.63) is 91.9 Å². The molecule has 0 fully saturated rings. The van der Waals surface area contributed by atoms with Gasteiger partial charge < -0.3 is 14.8 Å². The molecule has 0 unspecified atom stereocenters. The van der Waals surface area contributed by atoms with Crippen molar-refractivity contribution in [2.24, 2.45) is 0 Å². The smallest absolute Gasteiger partial charge is 0.266 e. The maximum Gasteiger partial charge on any atom is 0.266 e. The molecule has 174 valence electrons. The second kappa shape index (κ2) is 11.8. The Morgan fingerprint density at radius 3 is 2.53 bits per heavy atom. The predicted octanol–water partition coefficient (Wildman–Crippen LogP) is 7.48. The molecule has 0 aliphatic heterocycles. The van der Waals surface area contributed by atoms with Gasteiger partial charge in [0.15, 0.2) is 11.5 Å². The zero-order chi connectivity index (χ0) is 24.7. The number of nitriles is 1. The van der Waals surface area contributed by atoms with E-state index in [9.17, 15) is 10.1 Å². The van der Waals surface area contributed by atoms with Gasteiger partial charge in [0.2, 0.25) is 0 Å². The lowest BCUT2D eigenvalue weighted by Gasteiger charge is -2.15. The Kier molecular flexibility index (Phi) is 8.84. The molecule has 5 nitrogen and oxygen atoms in total. The van der Waals surface area contributed by atoms with Crippen LogP contribution in [-0.4, -0.2) is 12.5 Å². The van der Waals surface area contributed by atoms with E-state index in [2.05, 4.69) is 5.32 Å². The van der Waals surface area contributed by atoms with Crippen LogP contribution >= 0.6 is 34.8 Å². The minimum atomic E-state index is -0.638. The lowest BCUT2D eigenvalue weighted by Crippen LogP contribution is -2.13. The SMILES string of the molecule is CCOc1cc(/C=C(\C#N)C(=O)Nc2cc(Cl)ccc2Cl)cc(Cl)c1OCc1ccccc1C. The van der Waals surface area contributed by atoms with Gasteiger partial charge in [-0.3, -0.25) is 4.79 Å². The van der Waals surface area contributed by atoms with E-state index in [4.69, 9.17) is 44.3 Å². The quantitative estimate of drug-likeness (QED) is 0.249. The number of rotatable bonds is 8. The minimum Gasteiger partial charge on any atom is -0.490 e. The third kappa shape index (κ3) is 6.45. The van der Waals surface area contributed by atoms with Crippen molar-refractivity contribution in [2.45, 2.75) is 20.5 Å². The van der Waals surface area contributed by atoms with Gasteiger partial charge in [-0.15, -0.1) is 0 Å². The average molecular weight is 516 g/mol. The summed E-state index contributed by atoms with van der Waals surface area (Å²) in [6.45, 7) is 4.53. The molecule has 1 N–H and O–H groups in total. The summed E-state index contributed by atoms with van der Waals surface area (Å²) in [5, 5.41) is 13.2. The number of ether oxygens (including phenoxy) is 2. The largest absolute Gasteiger partial charge is 0.490 e. The fourth-order valence-electron chi connectivity index (χ4n) is 3.09. The molecule has 34 heavy (non-hydrogen) atoms. The molecule has 0 aliphatic carbocycles. The Morgan fingerprint density at radius 1 is 1.06 bits per heavy atom. The van der Waals surface area contributed by atoms with E-state index in [-0.39, 0.29) is 5.57 Å². The van der Waals surface area contributed by atoms with Gasteiger partial charge in [-0.05, 0) is 66.9 Å². The van der Waals surface area contributed by atoms with Crippen LogP contribution in [0, 0.1) is 18.3 Å². The molecular weight excluding hydrogens is 495 g/mol. The Hall–Kier alpha value is -3.17. The van der Waals surface area contributed by atoms with E-state index in [1.807, 2.05) is 44.2 Å². The van der Waals surface area contributed by atoms with Crippen LogP contribution in [0.1, 0.15) is 23.6 Å². The first-order valence-electron chi connectivity index (χ1n) is 10.3. The maximum atomic E-state index is 12.7. The summed E-state index contributed by atoms with van der Waals surface area (Å²) in [5.41, 5.74) is 2.77. The fourth-order valence-corrected chi connectivity index (χ4v) is 3.71. The number of hydrogen-bond donors (Lipinski definition) is 1. The van der Waals surface area contributed by atoms with E-state index in [0.29, 0.717) is 51.0 Å². The third-order valence-electron chi connectivity index (χ3n) is 4.82. The van der Waals surface area contributed by atoms with Gasteiger partial charge in [-0.1, -0.05) is 59.1 Å². The van der Waals surface area contributed by atoms with Crippen molar-refractivity contribution < 1.29 is 14.3 Å². The van der Waals surface area contributed by atoms with E-state index in [1.165, 1.54) is 12.1 Å². The van der Waals surface area contributed by atoms with Crippen LogP contribution in [0.4, 0.5) is 5.69 Å².